The molecule has 0 unspecified atom stereocenters. The maximum Gasteiger partial charge on any atom is 0.242 e. The van der Waals surface area contributed by atoms with Gasteiger partial charge in [0.25, 0.3) is 0 Å². The van der Waals surface area contributed by atoms with Crippen LogP contribution in [0.4, 0.5) is 17.3 Å². The topological polar surface area (TPSA) is 96.2 Å². The molecule has 1 amide bonds. The second-order valence-electron chi connectivity index (χ2n) is 7.49. The van der Waals surface area contributed by atoms with E-state index in [0.29, 0.717) is 29.2 Å². The van der Waals surface area contributed by atoms with Crippen molar-refractivity contribution in [3.63, 3.8) is 0 Å². The Labute approximate surface area is 161 Å². The molecule has 1 aromatic carbocycles. The second kappa shape index (κ2) is 9.75. The number of hydrogen-bond donors (Lipinski definition) is 3. The number of hydrazine groups is 1. The highest BCUT2D eigenvalue weighted by molar-refractivity contribution is 5.82. The smallest absolute Gasteiger partial charge is 0.242 e. The number of aromatic nitrogens is 2. The highest BCUT2D eigenvalue weighted by Gasteiger charge is 2.17. The van der Waals surface area contributed by atoms with Crippen molar-refractivity contribution in [2.45, 2.75) is 34.1 Å². The third-order valence-corrected chi connectivity index (χ3v) is 3.86. The molecule has 2 rings (SSSR count). The van der Waals surface area contributed by atoms with Crippen molar-refractivity contribution in [1.29, 1.82) is 0 Å². The van der Waals surface area contributed by atoms with Gasteiger partial charge in [-0.1, -0.05) is 58.0 Å². The molecular formula is C20H30N6O. The monoisotopic (exact) mass is 370 g/mol. The molecule has 1 aromatic heterocycles. The van der Waals surface area contributed by atoms with Crippen LogP contribution in [-0.4, -0.2) is 29.0 Å². The molecule has 7 nitrogen and oxygen atoms in total. The molecule has 0 radical (unpaired) electrons. The van der Waals surface area contributed by atoms with Crippen LogP contribution in [0, 0.1) is 11.8 Å². The lowest BCUT2D eigenvalue weighted by Gasteiger charge is -2.28. The van der Waals surface area contributed by atoms with Crippen molar-refractivity contribution in [2.24, 2.45) is 11.8 Å². The van der Waals surface area contributed by atoms with E-state index in [4.69, 9.17) is 5.73 Å². The Morgan fingerprint density at radius 2 is 1.70 bits per heavy atom. The van der Waals surface area contributed by atoms with Gasteiger partial charge in [-0.25, -0.2) is 9.97 Å². The zero-order valence-corrected chi connectivity index (χ0v) is 16.6. The number of nitrogens with one attached hydrogen (secondary N) is 2. The van der Waals surface area contributed by atoms with Crippen LogP contribution in [0.15, 0.2) is 36.7 Å². The van der Waals surface area contributed by atoms with Gasteiger partial charge in [0.1, 0.15) is 12.0 Å². The molecule has 0 spiro atoms. The first-order chi connectivity index (χ1) is 12.9. The van der Waals surface area contributed by atoms with Crippen molar-refractivity contribution < 1.29 is 4.79 Å². The fourth-order valence-corrected chi connectivity index (χ4v) is 2.82. The van der Waals surface area contributed by atoms with Gasteiger partial charge in [0.2, 0.25) is 5.91 Å². The largest absolute Gasteiger partial charge is 0.393 e. The third kappa shape index (κ3) is 6.44. The molecule has 0 bridgehead atoms. The van der Waals surface area contributed by atoms with Gasteiger partial charge in [-0.05, 0) is 17.4 Å². The Balaban J connectivity index is 2.07. The molecule has 0 saturated heterocycles. The molecule has 0 saturated carbocycles. The van der Waals surface area contributed by atoms with Gasteiger partial charge in [-0.3, -0.25) is 15.6 Å². The number of hydrogen-bond acceptors (Lipinski definition) is 6. The average Bonchev–Trinajstić information content (AvgIpc) is 2.60. The van der Waals surface area contributed by atoms with Gasteiger partial charge in [0.15, 0.2) is 11.6 Å². The SMILES string of the molecule is CC(C)CN(CC(C)C)c1ncnc(NNC(=O)Cc2ccccc2)c1N. The minimum atomic E-state index is -0.165. The van der Waals surface area contributed by atoms with Crippen molar-refractivity contribution in [3.8, 4) is 0 Å². The summed E-state index contributed by atoms with van der Waals surface area (Å²) in [4.78, 5) is 22.9. The lowest BCUT2D eigenvalue weighted by atomic mass is 10.1. The van der Waals surface area contributed by atoms with E-state index in [1.54, 1.807) is 0 Å². The molecule has 146 valence electrons. The molecule has 27 heavy (non-hydrogen) atoms. The van der Waals surface area contributed by atoms with Crippen molar-refractivity contribution >= 4 is 23.2 Å². The predicted molar refractivity (Wildman–Crippen MR) is 110 cm³/mol. The number of carbonyl (C=O) groups excluding carboxylic acids is 1. The summed E-state index contributed by atoms with van der Waals surface area (Å²) in [7, 11) is 0. The van der Waals surface area contributed by atoms with E-state index in [9.17, 15) is 4.79 Å². The minimum absolute atomic E-state index is 0.165. The zero-order chi connectivity index (χ0) is 19.8. The molecule has 0 atom stereocenters. The standard InChI is InChI=1S/C20H30N6O/c1-14(2)11-26(12-15(3)4)20-18(21)19(22-13-23-20)25-24-17(27)10-16-8-6-5-7-9-16/h5-9,13-15H,10-12,21H2,1-4H3,(H,24,27)(H,22,23,25). The predicted octanol–water partition coefficient (Wildman–Crippen LogP) is 2.86. The Morgan fingerprint density at radius 1 is 1.07 bits per heavy atom. The second-order valence-corrected chi connectivity index (χ2v) is 7.49. The van der Waals surface area contributed by atoms with Gasteiger partial charge in [0.05, 0.1) is 6.42 Å². The summed E-state index contributed by atoms with van der Waals surface area (Å²) in [6.07, 6.45) is 1.74. The van der Waals surface area contributed by atoms with Crippen molar-refractivity contribution in [2.75, 3.05) is 29.1 Å². The summed E-state index contributed by atoms with van der Waals surface area (Å²) in [5, 5.41) is 0. The van der Waals surface area contributed by atoms with Crippen LogP contribution in [0.25, 0.3) is 0 Å². The summed E-state index contributed by atoms with van der Waals surface area (Å²) in [5.41, 5.74) is 13.2. The first-order valence-electron chi connectivity index (χ1n) is 9.31. The summed E-state index contributed by atoms with van der Waals surface area (Å²) in [6, 6.07) is 9.55. The van der Waals surface area contributed by atoms with Crippen LogP contribution in [0.3, 0.4) is 0 Å². The van der Waals surface area contributed by atoms with Gasteiger partial charge >= 0.3 is 0 Å². The maximum absolute atomic E-state index is 12.1. The van der Waals surface area contributed by atoms with E-state index in [0.717, 1.165) is 18.7 Å². The van der Waals surface area contributed by atoms with Gasteiger partial charge < -0.3 is 10.6 Å². The molecular weight excluding hydrogens is 340 g/mol. The molecule has 0 aliphatic rings. The third-order valence-electron chi connectivity index (χ3n) is 3.86. The van der Waals surface area contributed by atoms with Crippen LogP contribution in [0.2, 0.25) is 0 Å². The molecule has 7 heteroatoms. The van der Waals surface area contributed by atoms with Gasteiger partial charge in [-0.2, -0.15) is 0 Å². The zero-order valence-electron chi connectivity index (χ0n) is 16.6. The van der Waals surface area contributed by atoms with Crippen LogP contribution in [0.1, 0.15) is 33.3 Å². The van der Waals surface area contributed by atoms with Gasteiger partial charge in [0, 0.05) is 13.1 Å². The Hall–Kier alpha value is -2.83. The lowest BCUT2D eigenvalue weighted by molar-refractivity contribution is -0.119. The summed E-state index contributed by atoms with van der Waals surface area (Å²) >= 11 is 0. The highest BCUT2D eigenvalue weighted by Crippen LogP contribution is 2.27. The van der Waals surface area contributed by atoms with E-state index in [2.05, 4.69) is 53.4 Å². The maximum atomic E-state index is 12.1. The van der Waals surface area contributed by atoms with Crippen molar-refractivity contribution in [1.82, 2.24) is 15.4 Å². The normalized spacial score (nSPS) is 10.9. The number of anilines is 3. The van der Waals surface area contributed by atoms with Crippen LogP contribution < -0.4 is 21.5 Å². The lowest BCUT2D eigenvalue weighted by Crippen LogP contribution is -2.34. The number of nitrogens with zero attached hydrogens (tertiary/aromatic N) is 3. The summed E-state index contributed by atoms with van der Waals surface area (Å²) < 4.78 is 0. The van der Waals surface area contributed by atoms with E-state index in [1.807, 2.05) is 30.3 Å². The Bertz CT molecular complexity index is 723. The fourth-order valence-electron chi connectivity index (χ4n) is 2.82. The summed E-state index contributed by atoms with van der Waals surface area (Å²) in [5.74, 6) is 1.87. The van der Waals surface area contributed by atoms with Crippen LogP contribution in [-0.2, 0) is 11.2 Å². The number of carbonyl (C=O) groups is 1. The molecule has 0 aliphatic carbocycles. The Kier molecular flexibility index (Phi) is 7.40. The number of rotatable bonds is 9. The Morgan fingerprint density at radius 3 is 2.30 bits per heavy atom. The van der Waals surface area contributed by atoms with Crippen LogP contribution >= 0.6 is 0 Å². The van der Waals surface area contributed by atoms with Crippen LogP contribution in [0.5, 0.6) is 0 Å². The van der Waals surface area contributed by atoms with Crippen molar-refractivity contribution in [3.05, 3.63) is 42.2 Å². The quantitative estimate of drug-likeness (QED) is 0.588. The van der Waals surface area contributed by atoms with E-state index >= 15 is 0 Å². The van der Waals surface area contributed by atoms with Gasteiger partial charge in [-0.15, -0.1) is 0 Å². The summed E-state index contributed by atoms with van der Waals surface area (Å²) in [6.45, 7) is 10.3. The van der Waals surface area contributed by atoms with E-state index in [-0.39, 0.29) is 12.3 Å². The first kappa shape index (κ1) is 20.5. The fraction of sp³-hybridized carbons (Fsp3) is 0.450. The average molecular weight is 371 g/mol. The molecule has 2 aromatic rings. The number of nitrogens with two attached hydrogens (primary N) is 1. The number of benzene rings is 1. The molecule has 0 aliphatic heterocycles. The molecule has 0 fully saturated rings. The minimum Gasteiger partial charge on any atom is -0.393 e. The highest BCUT2D eigenvalue weighted by atomic mass is 16.2. The van der Waals surface area contributed by atoms with E-state index in [1.165, 1.54) is 6.33 Å². The molecule has 4 N–H and O–H groups in total. The number of nitrogen functional groups attached to an aromatic ring is 1. The number of amides is 1. The first-order valence-corrected chi connectivity index (χ1v) is 9.31. The van der Waals surface area contributed by atoms with E-state index < -0.39 is 0 Å². The molecule has 1 heterocycles.